The fourth-order valence-corrected chi connectivity index (χ4v) is 2.73. The summed E-state index contributed by atoms with van der Waals surface area (Å²) in [6.07, 6.45) is 5.77. The molecule has 1 rings (SSSR count). The predicted molar refractivity (Wildman–Crippen MR) is 53.9 cm³/mol. The van der Waals surface area contributed by atoms with Crippen LogP contribution in [0.1, 0.15) is 39.0 Å². The second-order valence-electron chi connectivity index (χ2n) is 4.21. The van der Waals surface area contributed by atoms with Crippen molar-refractivity contribution in [3.8, 4) is 0 Å². The molecule has 76 valence electrons. The average Bonchev–Trinajstić information content (AvgIpc) is 2.49. The zero-order valence-electron chi connectivity index (χ0n) is 8.20. The van der Waals surface area contributed by atoms with Crippen molar-refractivity contribution in [2.24, 2.45) is 11.7 Å². The van der Waals surface area contributed by atoms with Gasteiger partial charge in [0, 0.05) is 5.54 Å². The molecule has 1 unspecified atom stereocenters. The van der Waals surface area contributed by atoms with Gasteiger partial charge in [-0.25, -0.2) is 0 Å². The van der Waals surface area contributed by atoms with E-state index in [4.69, 9.17) is 10.6 Å². The van der Waals surface area contributed by atoms with Crippen LogP contribution in [0, 0.1) is 5.92 Å². The Labute approximate surface area is 80.6 Å². The highest BCUT2D eigenvalue weighted by Gasteiger charge is 2.35. The molecule has 0 aromatic heterocycles. The van der Waals surface area contributed by atoms with Gasteiger partial charge in [0.15, 0.2) is 6.16 Å². The van der Waals surface area contributed by atoms with Crippen molar-refractivity contribution >= 4 is 8.03 Å². The number of hydrogen-bond donors (Lipinski definition) is 2. The zero-order valence-corrected chi connectivity index (χ0v) is 9.09. The first-order valence-corrected chi connectivity index (χ1v) is 6.37. The van der Waals surface area contributed by atoms with Crippen LogP contribution < -0.4 is 5.73 Å². The molecule has 3 N–H and O–H groups in total. The molecule has 0 spiro atoms. The van der Waals surface area contributed by atoms with E-state index in [1.807, 2.05) is 0 Å². The number of nitrogens with two attached hydrogens (primary N) is 1. The van der Waals surface area contributed by atoms with Gasteiger partial charge in [0.2, 0.25) is 0 Å². The van der Waals surface area contributed by atoms with Crippen LogP contribution in [0.25, 0.3) is 0 Å². The highest BCUT2D eigenvalue weighted by molar-refractivity contribution is 7.37. The summed E-state index contributed by atoms with van der Waals surface area (Å²) in [5.41, 5.74) is 6.16. The molecule has 0 aliphatic heterocycles. The van der Waals surface area contributed by atoms with Crippen LogP contribution in [0.2, 0.25) is 0 Å². The summed E-state index contributed by atoms with van der Waals surface area (Å²) in [7, 11) is -1.98. The van der Waals surface area contributed by atoms with E-state index in [0.717, 1.165) is 19.3 Å². The fourth-order valence-electron chi connectivity index (χ4n) is 2.12. The molecule has 0 amide bonds. The van der Waals surface area contributed by atoms with Gasteiger partial charge in [-0.05, 0) is 29.7 Å². The third kappa shape index (κ3) is 3.01. The van der Waals surface area contributed by atoms with Gasteiger partial charge in [-0.2, -0.15) is 4.89 Å². The molecular formula is C9H19NO2P+. The molecule has 13 heavy (non-hydrogen) atoms. The Bertz CT molecular complexity index is 190. The molecule has 1 aliphatic carbocycles. The van der Waals surface area contributed by atoms with Crippen LogP contribution in [0.4, 0.5) is 0 Å². The van der Waals surface area contributed by atoms with E-state index in [-0.39, 0.29) is 5.54 Å². The Balaban J connectivity index is 2.37. The molecule has 1 aliphatic rings. The Morgan fingerprint density at radius 3 is 2.54 bits per heavy atom. The summed E-state index contributed by atoms with van der Waals surface area (Å²) in [4.78, 5) is 8.70. The van der Waals surface area contributed by atoms with E-state index in [0.29, 0.717) is 12.1 Å². The zero-order chi connectivity index (χ0) is 9.90. The third-order valence-electron chi connectivity index (χ3n) is 3.27. The first kappa shape index (κ1) is 11.1. The lowest BCUT2D eigenvalue weighted by Gasteiger charge is -2.30. The summed E-state index contributed by atoms with van der Waals surface area (Å²) < 4.78 is 10.5. The van der Waals surface area contributed by atoms with E-state index < -0.39 is 8.03 Å². The quantitative estimate of drug-likeness (QED) is 0.688. The standard InChI is InChI=1S/C9H18NO2P/c1-8(4-7-13(11)12)9(10)5-2-3-6-9/h8H,2-7,10H2,1H3/p+1/t8-/m0/s1. The van der Waals surface area contributed by atoms with Gasteiger partial charge in [0.25, 0.3) is 0 Å². The molecule has 0 saturated heterocycles. The summed E-state index contributed by atoms with van der Waals surface area (Å²) in [6.45, 7) is 2.10. The van der Waals surface area contributed by atoms with Crippen LogP contribution in [0.15, 0.2) is 0 Å². The Hall–Kier alpha value is 0.0200. The highest BCUT2D eigenvalue weighted by atomic mass is 31.1. The molecule has 0 heterocycles. The molecule has 3 nitrogen and oxygen atoms in total. The Morgan fingerprint density at radius 1 is 1.54 bits per heavy atom. The molecule has 2 atom stereocenters. The normalized spacial score (nSPS) is 24.4. The molecule has 0 aromatic rings. The second kappa shape index (κ2) is 4.50. The molecule has 1 fully saturated rings. The van der Waals surface area contributed by atoms with Crippen LogP contribution in [0.3, 0.4) is 0 Å². The maximum absolute atomic E-state index is 10.5. The largest absolute Gasteiger partial charge is 0.505 e. The van der Waals surface area contributed by atoms with Gasteiger partial charge in [-0.15, -0.1) is 0 Å². The van der Waals surface area contributed by atoms with Gasteiger partial charge in [-0.3, -0.25) is 0 Å². The molecule has 1 saturated carbocycles. The van der Waals surface area contributed by atoms with E-state index in [1.54, 1.807) is 0 Å². The summed E-state index contributed by atoms with van der Waals surface area (Å²) in [5, 5.41) is 0. The number of hydrogen-bond acceptors (Lipinski definition) is 2. The third-order valence-corrected chi connectivity index (χ3v) is 3.91. The van der Waals surface area contributed by atoms with E-state index in [2.05, 4.69) is 6.92 Å². The van der Waals surface area contributed by atoms with Crippen molar-refractivity contribution in [1.29, 1.82) is 0 Å². The number of rotatable bonds is 4. The van der Waals surface area contributed by atoms with Crippen molar-refractivity contribution in [3.05, 3.63) is 0 Å². The van der Waals surface area contributed by atoms with Crippen molar-refractivity contribution in [3.63, 3.8) is 0 Å². The van der Waals surface area contributed by atoms with E-state index in [1.165, 1.54) is 12.8 Å². The Kier molecular flexibility index (Phi) is 3.84. The first-order valence-electron chi connectivity index (χ1n) is 4.97. The summed E-state index contributed by atoms with van der Waals surface area (Å²) >= 11 is 0. The Morgan fingerprint density at radius 2 is 2.08 bits per heavy atom. The van der Waals surface area contributed by atoms with Crippen molar-refractivity contribution in [1.82, 2.24) is 0 Å². The fraction of sp³-hybridized carbons (Fsp3) is 1.00. The van der Waals surface area contributed by atoms with Crippen LogP contribution in [-0.4, -0.2) is 16.6 Å². The van der Waals surface area contributed by atoms with Crippen molar-refractivity contribution < 1.29 is 9.46 Å². The molecule has 0 bridgehead atoms. The van der Waals surface area contributed by atoms with Gasteiger partial charge in [0.1, 0.15) is 0 Å². The molecular weight excluding hydrogens is 185 g/mol. The van der Waals surface area contributed by atoms with Gasteiger partial charge in [0.05, 0.1) is 0 Å². The monoisotopic (exact) mass is 204 g/mol. The maximum atomic E-state index is 10.5. The lowest BCUT2D eigenvalue weighted by atomic mass is 9.83. The van der Waals surface area contributed by atoms with E-state index in [9.17, 15) is 4.57 Å². The van der Waals surface area contributed by atoms with Crippen molar-refractivity contribution in [2.75, 3.05) is 6.16 Å². The summed E-state index contributed by atoms with van der Waals surface area (Å²) in [6, 6.07) is 0. The van der Waals surface area contributed by atoms with Crippen LogP contribution in [-0.2, 0) is 4.57 Å². The minimum Gasteiger partial charge on any atom is -0.325 e. The minimum atomic E-state index is -1.98. The maximum Gasteiger partial charge on any atom is 0.505 e. The summed E-state index contributed by atoms with van der Waals surface area (Å²) in [5.74, 6) is 0.376. The lowest BCUT2D eigenvalue weighted by molar-refractivity contribution is 0.288. The van der Waals surface area contributed by atoms with Crippen molar-refractivity contribution in [2.45, 2.75) is 44.6 Å². The molecule has 0 aromatic carbocycles. The lowest BCUT2D eigenvalue weighted by Crippen LogP contribution is -2.43. The van der Waals surface area contributed by atoms with E-state index >= 15 is 0 Å². The molecule has 4 heteroatoms. The van der Waals surface area contributed by atoms with Gasteiger partial charge >= 0.3 is 8.03 Å². The first-order chi connectivity index (χ1) is 6.04. The topological polar surface area (TPSA) is 63.3 Å². The highest BCUT2D eigenvalue weighted by Crippen LogP contribution is 2.36. The average molecular weight is 204 g/mol. The molecule has 0 radical (unpaired) electrons. The van der Waals surface area contributed by atoms with Crippen LogP contribution in [0.5, 0.6) is 0 Å². The van der Waals surface area contributed by atoms with Gasteiger partial charge in [-0.1, -0.05) is 19.8 Å². The SMILES string of the molecule is C[C@@H](CC[P+](=O)O)C1(N)CCCC1. The van der Waals surface area contributed by atoms with Crippen LogP contribution >= 0.6 is 8.03 Å². The van der Waals surface area contributed by atoms with Gasteiger partial charge < -0.3 is 5.73 Å². The second-order valence-corrected chi connectivity index (χ2v) is 5.36. The predicted octanol–water partition coefficient (Wildman–Crippen LogP) is 2.02. The minimum absolute atomic E-state index is 0.0503. The smallest absolute Gasteiger partial charge is 0.325 e.